The maximum Gasteiger partial charge on any atom is 0.119 e. The van der Waals surface area contributed by atoms with Gasteiger partial charge in [0, 0.05) is 13.1 Å². The van der Waals surface area contributed by atoms with Gasteiger partial charge in [-0.3, -0.25) is 5.01 Å². The molecule has 0 bridgehead atoms. The number of hydrogen-bond acceptors (Lipinski definition) is 3. The summed E-state index contributed by atoms with van der Waals surface area (Å²) in [5.41, 5.74) is 0.859. The molecule has 0 saturated carbocycles. The molecule has 0 aromatic heterocycles. The molecule has 1 aromatic carbocycles. The van der Waals surface area contributed by atoms with E-state index in [9.17, 15) is 0 Å². The zero-order valence-corrected chi connectivity index (χ0v) is 8.18. The van der Waals surface area contributed by atoms with Crippen LogP contribution in [-0.4, -0.2) is 25.2 Å². The van der Waals surface area contributed by atoms with E-state index < -0.39 is 0 Å². The zero-order valence-electron chi connectivity index (χ0n) is 8.18. The largest absolute Gasteiger partial charge is 0.497 e. The van der Waals surface area contributed by atoms with Gasteiger partial charge < -0.3 is 4.74 Å². The van der Waals surface area contributed by atoms with Crippen molar-refractivity contribution >= 4 is 5.69 Å². The van der Waals surface area contributed by atoms with Gasteiger partial charge >= 0.3 is 0 Å². The maximum atomic E-state index is 5.04. The van der Waals surface area contributed by atoms with Crippen LogP contribution >= 0.6 is 0 Å². The van der Waals surface area contributed by atoms with Gasteiger partial charge in [-0.1, -0.05) is 5.22 Å². The number of methoxy groups -OCH3 is 1. The van der Waals surface area contributed by atoms with Crippen molar-refractivity contribution in [3.8, 4) is 5.75 Å². The first-order chi connectivity index (χ1) is 6.88. The van der Waals surface area contributed by atoms with Crippen LogP contribution in [0.25, 0.3) is 0 Å². The second-order valence-corrected chi connectivity index (χ2v) is 3.19. The van der Waals surface area contributed by atoms with Crippen molar-refractivity contribution in [3.63, 3.8) is 0 Å². The lowest BCUT2D eigenvalue weighted by atomic mass is 10.3. The highest BCUT2D eigenvalue weighted by molar-refractivity contribution is 5.40. The van der Waals surface area contributed by atoms with E-state index in [1.165, 1.54) is 6.42 Å². The van der Waals surface area contributed by atoms with E-state index in [-0.39, 0.29) is 0 Å². The topological polar surface area (TPSA) is 37.2 Å². The van der Waals surface area contributed by atoms with Gasteiger partial charge in [-0.15, -0.1) is 5.11 Å². The molecule has 4 heteroatoms. The van der Waals surface area contributed by atoms with Gasteiger partial charge in [0.25, 0.3) is 0 Å². The summed E-state index contributed by atoms with van der Waals surface area (Å²) < 4.78 is 5.04. The summed E-state index contributed by atoms with van der Waals surface area (Å²) in [6.45, 7) is 2.05. The molecule has 1 heterocycles. The van der Waals surface area contributed by atoms with E-state index in [1.54, 1.807) is 7.11 Å². The summed E-state index contributed by atoms with van der Waals surface area (Å²) in [7, 11) is 1.65. The van der Waals surface area contributed by atoms with Crippen molar-refractivity contribution in [3.05, 3.63) is 24.3 Å². The van der Waals surface area contributed by atoms with Crippen molar-refractivity contribution in [1.82, 2.24) is 5.01 Å². The molecule has 1 saturated heterocycles. The molecule has 0 amide bonds. The minimum atomic E-state index is 0.841. The SMILES string of the molecule is COc1ccc(N=NN2CCC2)cc1. The summed E-state index contributed by atoms with van der Waals surface area (Å²) >= 11 is 0. The fourth-order valence-corrected chi connectivity index (χ4v) is 1.15. The first-order valence-corrected chi connectivity index (χ1v) is 4.69. The van der Waals surface area contributed by atoms with E-state index in [2.05, 4.69) is 10.3 Å². The number of nitrogens with zero attached hydrogens (tertiary/aromatic N) is 3. The van der Waals surface area contributed by atoms with Gasteiger partial charge in [0.05, 0.1) is 12.8 Å². The molecule has 0 radical (unpaired) electrons. The Hall–Kier alpha value is -1.58. The average Bonchev–Trinajstić information content (AvgIpc) is 2.16. The van der Waals surface area contributed by atoms with Crippen LogP contribution in [0.2, 0.25) is 0 Å². The van der Waals surface area contributed by atoms with Gasteiger partial charge in [-0.25, -0.2) is 0 Å². The highest BCUT2D eigenvalue weighted by Gasteiger charge is 2.10. The quantitative estimate of drug-likeness (QED) is 0.688. The Morgan fingerprint density at radius 1 is 1.21 bits per heavy atom. The molecule has 14 heavy (non-hydrogen) atoms. The third-order valence-corrected chi connectivity index (χ3v) is 2.19. The van der Waals surface area contributed by atoms with Crippen LogP contribution in [0.1, 0.15) is 6.42 Å². The molecule has 74 valence electrons. The van der Waals surface area contributed by atoms with Gasteiger partial charge in [0.1, 0.15) is 5.75 Å². The van der Waals surface area contributed by atoms with E-state index in [0.29, 0.717) is 0 Å². The lowest BCUT2D eigenvalue weighted by molar-refractivity contribution is 0.176. The average molecular weight is 191 g/mol. The Labute approximate surface area is 83.2 Å². The van der Waals surface area contributed by atoms with Crippen LogP contribution < -0.4 is 4.74 Å². The Morgan fingerprint density at radius 2 is 1.93 bits per heavy atom. The molecule has 4 nitrogen and oxygen atoms in total. The molecular formula is C10H13N3O. The molecular weight excluding hydrogens is 178 g/mol. The smallest absolute Gasteiger partial charge is 0.119 e. The lowest BCUT2D eigenvalue weighted by Gasteiger charge is -2.25. The summed E-state index contributed by atoms with van der Waals surface area (Å²) in [5, 5.41) is 10.1. The molecule has 0 N–H and O–H groups in total. The molecule has 2 rings (SSSR count). The maximum absolute atomic E-state index is 5.04. The summed E-state index contributed by atoms with van der Waals surface area (Å²) in [5.74, 6) is 0.841. The Bertz CT molecular complexity index is 317. The fraction of sp³-hybridized carbons (Fsp3) is 0.400. The number of rotatable bonds is 3. The monoisotopic (exact) mass is 191 g/mol. The van der Waals surface area contributed by atoms with Crippen LogP contribution in [0, 0.1) is 0 Å². The van der Waals surface area contributed by atoms with Gasteiger partial charge in [-0.2, -0.15) is 0 Å². The molecule has 0 spiro atoms. The first kappa shape index (κ1) is 8.99. The molecule has 1 aromatic rings. The fourth-order valence-electron chi connectivity index (χ4n) is 1.15. The molecule has 0 unspecified atom stereocenters. The summed E-state index contributed by atoms with van der Waals surface area (Å²) in [6.07, 6.45) is 1.22. The van der Waals surface area contributed by atoms with E-state index in [1.807, 2.05) is 29.3 Å². The van der Waals surface area contributed by atoms with Crippen molar-refractivity contribution in [2.24, 2.45) is 10.3 Å². The van der Waals surface area contributed by atoms with Crippen LogP contribution in [0.3, 0.4) is 0 Å². The van der Waals surface area contributed by atoms with Crippen LogP contribution in [0.5, 0.6) is 5.75 Å². The van der Waals surface area contributed by atoms with Gasteiger partial charge in [0.2, 0.25) is 0 Å². The lowest BCUT2D eigenvalue weighted by Crippen LogP contribution is -2.31. The second-order valence-electron chi connectivity index (χ2n) is 3.19. The Morgan fingerprint density at radius 3 is 2.43 bits per heavy atom. The first-order valence-electron chi connectivity index (χ1n) is 4.69. The third kappa shape index (κ3) is 2.02. The van der Waals surface area contributed by atoms with Crippen molar-refractivity contribution in [1.29, 1.82) is 0 Å². The minimum absolute atomic E-state index is 0.841. The summed E-state index contributed by atoms with van der Waals surface area (Å²) in [6, 6.07) is 7.54. The Kier molecular flexibility index (Phi) is 2.62. The number of hydrogen-bond donors (Lipinski definition) is 0. The zero-order chi connectivity index (χ0) is 9.80. The standard InChI is InChI=1S/C10H13N3O/c1-14-10-5-3-9(4-6-10)11-12-13-7-2-8-13/h3-6H,2,7-8H2,1H3. The molecule has 0 aliphatic carbocycles. The van der Waals surface area contributed by atoms with Crippen LogP contribution in [0.4, 0.5) is 5.69 Å². The van der Waals surface area contributed by atoms with E-state index >= 15 is 0 Å². The van der Waals surface area contributed by atoms with Crippen molar-refractivity contribution in [2.75, 3.05) is 20.2 Å². The Balaban J connectivity index is 1.98. The van der Waals surface area contributed by atoms with E-state index in [0.717, 1.165) is 24.5 Å². The summed E-state index contributed by atoms with van der Waals surface area (Å²) in [4.78, 5) is 0. The molecule has 1 aliphatic heterocycles. The molecule has 1 fully saturated rings. The number of benzene rings is 1. The predicted octanol–water partition coefficient (Wildman–Crippen LogP) is 2.40. The minimum Gasteiger partial charge on any atom is -0.497 e. The highest BCUT2D eigenvalue weighted by atomic mass is 16.5. The second kappa shape index (κ2) is 4.09. The number of ether oxygens (including phenoxy) is 1. The molecule has 1 aliphatic rings. The van der Waals surface area contributed by atoms with Crippen molar-refractivity contribution in [2.45, 2.75) is 6.42 Å². The molecule has 0 atom stereocenters. The van der Waals surface area contributed by atoms with Crippen LogP contribution in [0.15, 0.2) is 34.6 Å². The van der Waals surface area contributed by atoms with Crippen molar-refractivity contribution < 1.29 is 4.74 Å². The predicted molar refractivity (Wildman–Crippen MR) is 53.7 cm³/mol. The van der Waals surface area contributed by atoms with Gasteiger partial charge in [-0.05, 0) is 30.7 Å². The third-order valence-electron chi connectivity index (χ3n) is 2.19. The van der Waals surface area contributed by atoms with Gasteiger partial charge in [0.15, 0.2) is 0 Å². The van der Waals surface area contributed by atoms with E-state index in [4.69, 9.17) is 4.74 Å². The highest BCUT2D eigenvalue weighted by Crippen LogP contribution is 2.19. The normalized spacial score (nSPS) is 15.6. The van der Waals surface area contributed by atoms with Crippen LogP contribution in [-0.2, 0) is 0 Å².